The van der Waals surface area contributed by atoms with Gasteiger partial charge in [-0.3, -0.25) is 39.4 Å². The Morgan fingerprint density at radius 1 is 0.683 bits per heavy atom. The molecule has 6 amide bonds. The second kappa shape index (κ2) is 19.4. The molecule has 2 atom stereocenters. The highest BCUT2D eigenvalue weighted by Gasteiger charge is 2.30. The number of rotatable bonds is 23. The molecule has 41 heavy (non-hydrogen) atoms. The molecule has 0 aliphatic carbocycles. The molecular weight excluding hydrogens is 613 g/mol. The van der Waals surface area contributed by atoms with Crippen molar-refractivity contribution in [3.05, 3.63) is 0 Å². The lowest BCUT2D eigenvalue weighted by Crippen LogP contribution is -2.46. The van der Waals surface area contributed by atoms with Crippen LogP contribution in [-0.4, -0.2) is 94.6 Å². The van der Waals surface area contributed by atoms with Crippen molar-refractivity contribution < 1.29 is 28.8 Å². The molecule has 0 saturated carbocycles. The number of primary amides is 2. The Hall–Kier alpha value is -1.86. The van der Waals surface area contributed by atoms with E-state index in [4.69, 9.17) is 11.5 Å². The van der Waals surface area contributed by atoms with E-state index < -0.39 is 41.6 Å². The molecule has 18 heteroatoms. The van der Waals surface area contributed by atoms with Crippen molar-refractivity contribution >= 4 is 78.6 Å². The standard InChI is InChI=1S/C23H40N8O6S4/c1-14(32)26-11-8-19(35)31(12-17(33)27-9-4-2-6-15(20(24)36)29-22-38-39-22)13-18(34)28-10-5-3-7-16(21(25)37)30-23-40-41-23/h15-16,22-23,29-30H,2-13H2,1H3,(H2,24,36)(H2,25,37)(H,26,32)(H,27,33)(H,28,34). The van der Waals surface area contributed by atoms with Crippen LogP contribution in [0.3, 0.4) is 0 Å². The fourth-order valence-corrected chi connectivity index (χ4v) is 5.70. The molecule has 2 aliphatic heterocycles. The third kappa shape index (κ3) is 17.0. The topological polar surface area (TPSA) is 218 Å². The van der Waals surface area contributed by atoms with Gasteiger partial charge in [-0.2, -0.15) is 0 Å². The normalized spacial score (nSPS) is 15.8. The zero-order chi connectivity index (χ0) is 30.2. The quantitative estimate of drug-likeness (QED) is 0.0408. The molecule has 2 rings (SSSR count). The molecule has 232 valence electrons. The highest BCUT2D eigenvalue weighted by Crippen LogP contribution is 2.51. The van der Waals surface area contributed by atoms with Crippen LogP contribution in [0.25, 0.3) is 0 Å². The van der Waals surface area contributed by atoms with Crippen LogP contribution < -0.4 is 38.1 Å². The van der Waals surface area contributed by atoms with Gasteiger partial charge in [0.2, 0.25) is 35.4 Å². The van der Waals surface area contributed by atoms with Crippen LogP contribution >= 0.6 is 43.2 Å². The first-order valence-corrected chi connectivity index (χ1v) is 17.9. The molecule has 2 unspecified atom stereocenters. The second-order valence-electron chi connectivity index (χ2n) is 9.47. The largest absolute Gasteiger partial charge is 0.368 e. The van der Waals surface area contributed by atoms with E-state index in [1.54, 1.807) is 43.2 Å². The van der Waals surface area contributed by atoms with Crippen molar-refractivity contribution in [3.63, 3.8) is 0 Å². The van der Waals surface area contributed by atoms with Gasteiger partial charge in [-0.15, -0.1) is 0 Å². The van der Waals surface area contributed by atoms with Gasteiger partial charge in [0, 0.05) is 33.0 Å². The third-order valence-corrected chi connectivity index (χ3v) is 9.59. The zero-order valence-electron chi connectivity index (χ0n) is 23.0. The lowest BCUT2D eigenvalue weighted by atomic mass is 10.1. The minimum absolute atomic E-state index is 0.0573. The Bertz CT molecular complexity index is 869. The smallest absolute Gasteiger partial charge is 0.239 e. The Kier molecular flexibility index (Phi) is 16.7. The average molecular weight is 653 g/mol. The van der Waals surface area contributed by atoms with E-state index in [9.17, 15) is 28.8 Å². The van der Waals surface area contributed by atoms with E-state index in [0.717, 1.165) is 4.90 Å². The van der Waals surface area contributed by atoms with Crippen molar-refractivity contribution in [1.82, 2.24) is 31.5 Å². The number of carbonyl (C=O) groups is 6. The van der Waals surface area contributed by atoms with Gasteiger partial charge in [0.25, 0.3) is 0 Å². The number of unbranched alkanes of at least 4 members (excludes halogenated alkanes) is 2. The minimum Gasteiger partial charge on any atom is -0.368 e. The summed E-state index contributed by atoms with van der Waals surface area (Å²) in [5.74, 6) is -2.38. The monoisotopic (exact) mass is 652 g/mol. The fourth-order valence-electron chi connectivity index (χ4n) is 3.71. The Labute approximate surface area is 255 Å². The first-order valence-electron chi connectivity index (χ1n) is 13.4. The summed E-state index contributed by atoms with van der Waals surface area (Å²) in [4.78, 5) is 73.2. The van der Waals surface area contributed by atoms with Gasteiger partial charge >= 0.3 is 0 Å². The zero-order valence-corrected chi connectivity index (χ0v) is 26.2. The molecule has 0 spiro atoms. The summed E-state index contributed by atoms with van der Waals surface area (Å²) in [5, 5.41) is 14.3. The molecule has 0 aromatic rings. The number of nitrogens with zero attached hydrogens (tertiary/aromatic N) is 1. The molecule has 0 aromatic carbocycles. The van der Waals surface area contributed by atoms with E-state index in [0.29, 0.717) is 51.6 Å². The first-order chi connectivity index (χ1) is 19.5. The lowest BCUT2D eigenvalue weighted by molar-refractivity contribution is -0.139. The number of nitrogens with two attached hydrogens (primary N) is 2. The molecule has 9 N–H and O–H groups in total. The summed E-state index contributed by atoms with van der Waals surface area (Å²) in [6.45, 7) is 1.50. The maximum absolute atomic E-state index is 12.7. The van der Waals surface area contributed by atoms with Gasteiger partial charge in [0.05, 0.1) is 12.1 Å². The van der Waals surface area contributed by atoms with Crippen molar-refractivity contribution in [2.75, 3.05) is 32.7 Å². The van der Waals surface area contributed by atoms with Gasteiger partial charge in [-0.25, -0.2) is 0 Å². The summed E-state index contributed by atoms with van der Waals surface area (Å²) in [7, 11) is 6.53. The van der Waals surface area contributed by atoms with Crippen molar-refractivity contribution in [3.8, 4) is 0 Å². The molecule has 0 aromatic heterocycles. The fraction of sp³-hybridized carbons (Fsp3) is 0.739. The summed E-state index contributed by atoms with van der Waals surface area (Å²) < 4.78 is 0.390. The lowest BCUT2D eigenvalue weighted by Gasteiger charge is -2.22. The molecule has 2 fully saturated rings. The first kappa shape index (κ1) is 35.3. The SMILES string of the molecule is CC(=O)NCCC(=O)N(CC(=O)NCCCCC(NC1SS1)C(N)=O)CC(=O)NCCCCC(NC1SS1)C(N)=O. The van der Waals surface area contributed by atoms with Crippen LogP contribution in [0.15, 0.2) is 0 Å². The van der Waals surface area contributed by atoms with Gasteiger partial charge in [-0.1, -0.05) is 43.2 Å². The Morgan fingerprint density at radius 2 is 1.12 bits per heavy atom. The van der Waals surface area contributed by atoms with Gasteiger partial charge in [-0.05, 0) is 38.5 Å². The van der Waals surface area contributed by atoms with Crippen molar-refractivity contribution in [1.29, 1.82) is 0 Å². The average Bonchev–Trinajstić information content (AvgIpc) is 3.82. The highest BCUT2D eigenvalue weighted by atomic mass is 33.2. The minimum atomic E-state index is -0.443. The Morgan fingerprint density at radius 3 is 1.49 bits per heavy atom. The maximum atomic E-state index is 12.7. The summed E-state index contributed by atoms with van der Waals surface area (Å²) in [6, 6.07) is -0.841. The summed E-state index contributed by atoms with van der Waals surface area (Å²) >= 11 is 0. The van der Waals surface area contributed by atoms with Crippen LogP contribution in [-0.2, 0) is 28.8 Å². The van der Waals surface area contributed by atoms with Gasteiger partial charge in [0.15, 0.2) is 0 Å². The van der Waals surface area contributed by atoms with E-state index in [-0.39, 0.29) is 41.4 Å². The molecule has 2 saturated heterocycles. The molecule has 0 bridgehead atoms. The highest BCUT2D eigenvalue weighted by molar-refractivity contribution is 8.93. The molecule has 0 radical (unpaired) electrons. The maximum Gasteiger partial charge on any atom is 0.239 e. The molecular formula is C23H40N8O6S4. The predicted molar refractivity (Wildman–Crippen MR) is 164 cm³/mol. The van der Waals surface area contributed by atoms with Gasteiger partial charge < -0.3 is 32.3 Å². The Balaban J connectivity index is 1.71. The predicted octanol–water partition coefficient (Wildman–Crippen LogP) is -0.842. The summed E-state index contributed by atoms with van der Waals surface area (Å²) in [6.07, 6.45) is 3.61. The van der Waals surface area contributed by atoms with Crippen molar-refractivity contribution in [2.24, 2.45) is 11.5 Å². The van der Waals surface area contributed by atoms with Crippen LogP contribution in [0.5, 0.6) is 0 Å². The van der Waals surface area contributed by atoms with Crippen molar-refractivity contribution in [2.45, 2.75) is 73.4 Å². The van der Waals surface area contributed by atoms with E-state index in [2.05, 4.69) is 26.6 Å². The van der Waals surface area contributed by atoms with Gasteiger partial charge in [0.1, 0.15) is 22.5 Å². The van der Waals surface area contributed by atoms with Crippen LogP contribution in [0.4, 0.5) is 0 Å². The molecule has 14 nitrogen and oxygen atoms in total. The van der Waals surface area contributed by atoms with E-state index in [1.165, 1.54) is 6.92 Å². The summed E-state index contributed by atoms with van der Waals surface area (Å²) in [5.41, 5.74) is 10.9. The molecule has 2 heterocycles. The van der Waals surface area contributed by atoms with Crippen LogP contribution in [0.2, 0.25) is 0 Å². The second-order valence-corrected chi connectivity index (χ2v) is 15.0. The number of carbonyl (C=O) groups excluding carboxylic acids is 6. The van der Waals surface area contributed by atoms with E-state index in [1.807, 2.05) is 0 Å². The van der Waals surface area contributed by atoms with Crippen LogP contribution in [0.1, 0.15) is 51.9 Å². The number of hydrogen-bond donors (Lipinski definition) is 7. The number of hydrogen-bond acceptors (Lipinski definition) is 12. The van der Waals surface area contributed by atoms with E-state index >= 15 is 0 Å². The molecule has 2 aliphatic rings. The van der Waals surface area contributed by atoms with Crippen LogP contribution in [0, 0.1) is 0 Å². The third-order valence-electron chi connectivity index (χ3n) is 5.96. The number of amides is 6. The number of nitrogens with one attached hydrogen (secondary N) is 5.